The van der Waals surface area contributed by atoms with Crippen molar-refractivity contribution in [1.82, 2.24) is 19.5 Å². The lowest BCUT2D eigenvalue weighted by molar-refractivity contribution is 0.758. The summed E-state index contributed by atoms with van der Waals surface area (Å²) in [5.74, 6) is 0.731. The third kappa shape index (κ3) is 3.37. The molecule has 0 saturated carbocycles. The lowest BCUT2D eigenvalue weighted by atomic mass is 10.1. The van der Waals surface area contributed by atoms with Gasteiger partial charge in [-0.1, -0.05) is 36.4 Å². The second-order valence-corrected chi connectivity index (χ2v) is 8.97. The smallest absolute Gasteiger partial charge is 0.332 e. The summed E-state index contributed by atoms with van der Waals surface area (Å²) < 4.78 is 1.74. The number of rotatable bonds is 5. The first-order valence-electron chi connectivity index (χ1n) is 11.5. The third-order valence-corrected chi connectivity index (χ3v) is 6.67. The molecule has 0 aliphatic heterocycles. The normalized spacial score (nSPS) is 14.9. The van der Waals surface area contributed by atoms with Gasteiger partial charge in [0.2, 0.25) is 0 Å². The maximum Gasteiger partial charge on any atom is 0.332 e. The number of benzene rings is 3. The van der Waals surface area contributed by atoms with Gasteiger partial charge in [0.25, 0.3) is 0 Å². The Bertz CT molecular complexity index is 1540. The Morgan fingerprint density at radius 3 is 2.71 bits per heavy atom. The van der Waals surface area contributed by atoms with Crippen LogP contribution in [-0.2, 0) is 6.42 Å². The highest BCUT2D eigenvalue weighted by Gasteiger charge is 2.25. The molecule has 2 aromatic heterocycles. The molecule has 5 aromatic rings. The van der Waals surface area contributed by atoms with E-state index in [1.807, 2.05) is 32.3 Å². The molecule has 7 heteroatoms. The third-order valence-electron chi connectivity index (χ3n) is 6.67. The Morgan fingerprint density at radius 1 is 1.06 bits per heavy atom. The van der Waals surface area contributed by atoms with Crippen LogP contribution >= 0.6 is 0 Å². The molecule has 3 aromatic carbocycles. The van der Waals surface area contributed by atoms with Crippen molar-refractivity contribution in [1.29, 1.82) is 0 Å². The predicted molar refractivity (Wildman–Crippen MR) is 137 cm³/mol. The highest BCUT2D eigenvalue weighted by molar-refractivity contribution is 5.80. The zero-order valence-corrected chi connectivity index (χ0v) is 19.2. The summed E-state index contributed by atoms with van der Waals surface area (Å²) in [6, 6.07) is 22.8. The minimum absolute atomic E-state index is 0.151. The minimum Gasteiger partial charge on any atom is -0.378 e. The highest BCUT2D eigenvalue weighted by Crippen LogP contribution is 2.37. The van der Waals surface area contributed by atoms with Crippen LogP contribution < -0.4 is 15.9 Å². The van der Waals surface area contributed by atoms with E-state index in [4.69, 9.17) is 0 Å². The van der Waals surface area contributed by atoms with Gasteiger partial charge in [0.05, 0.1) is 34.8 Å². The number of aryl methyl sites for hydroxylation is 1. The van der Waals surface area contributed by atoms with E-state index in [2.05, 4.69) is 73.7 Å². The van der Waals surface area contributed by atoms with E-state index in [1.165, 1.54) is 11.1 Å². The summed E-state index contributed by atoms with van der Waals surface area (Å²) >= 11 is 0. The van der Waals surface area contributed by atoms with Gasteiger partial charge in [0, 0.05) is 25.3 Å². The highest BCUT2D eigenvalue weighted by atomic mass is 16.1. The second kappa shape index (κ2) is 7.95. The topological polar surface area (TPSA) is 81.7 Å². The number of aromatic nitrogens is 4. The number of hydrogen-bond donors (Lipinski definition) is 3. The van der Waals surface area contributed by atoms with Crippen molar-refractivity contribution in [3.05, 3.63) is 94.7 Å². The Kier molecular flexibility index (Phi) is 4.76. The number of hydrogen-bond acceptors (Lipinski definition) is 4. The summed E-state index contributed by atoms with van der Waals surface area (Å²) in [6.07, 6.45) is 3.69. The van der Waals surface area contributed by atoms with Gasteiger partial charge in [-0.2, -0.15) is 0 Å². The summed E-state index contributed by atoms with van der Waals surface area (Å²) in [7, 11) is 4.04. The van der Waals surface area contributed by atoms with Gasteiger partial charge in [-0.15, -0.1) is 0 Å². The van der Waals surface area contributed by atoms with Crippen molar-refractivity contribution >= 4 is 22.5 Å². The van der Waals surface area contributed by atoms with Gasteiger partial charge in [-0.25, -0.2) is 9.78 Å². The Labute approximate surface area is 197 Å². The van der Waals surface area contributed by atoms with Crippen LogP contribution in [0, 0.1) is 0 Å². The molecule has 1 atom stereocenters. The number of fused-ring (bicyclic) bond motifs is 2. The van der Waals surface area contributed by atoms with E-state index in [1.54, 1.807) is 10.9 Å². The Balaban J connectivity index is 1.50. The van der Waals surface area contributed by atoms with E-state index in [9.17, 15) is 4.79 Å². The molecular weight excluding hydrogens is 424 g/mol. The molecule has 2 heterocycles. The van der Waals surface area contributed by atoms with E-state index >= 15 is 0 Å². The number of nitrogens with one attached hydrogen (secondary N) is 3. The molecule has 0 radical (unpaired) electrons. The molecule has 1 aliphatic rings. The number of H-pyrrole nitrogens is 2. The Morgan fingerprint density at radius 2 is 1.88 bits per heavy atom. The van der Waals surface area contributed by atoms with Crippen LogP contribution in [0.25, 0.3) is 28.0 Å². The van der Waals surface area contributed by atoms with Crippen molar-refractivity contribution in [3.8, 4) is 16.9 Å². The molecule has 1 unspecified atom stereocenters. The zero-order valence-electron chi connectivity index (χ0n) is 19.2. The molecule has 34 heavy (non-hydrogen) atoms. The molecule has 3 N–H and O–H groups in total. The molecule has 0 bridgehead atoms. The predicted octanol–water partition coefficient (Wildman–Crippen LogP) is 4.87. The van der Waals surface area contributed by atoms with E-state index in [0.717, 1.165) is 52.3 Å². The largest absolute Gasteiger partial charge is 0.378 e. The lowest BCUT2D eigenvalue weighted by Gasteiger charge is -2.18. The van der Waals surface area contributed by atoms with Gasteiger partial charge >= 0.3 is 5.69 Å². The zero-order chi connectivity index (χ0) is 23.2. The average Bonchev–Trinajstić information content (AvgIpc) is 3.56. The SMILES string of the molecule is CN(C)c1ccc(-c2c(NC3CCc4ccccc43)[nH]c(=O)n2-c2ccc3nc[nH]c3c2)cc1. The van der Waals surface area contributed by atoms with Gasteiger partial charge in [0.15, 0.2) is 0 Å². The maximum atomic E-state index is 13.3. The minimum atomic E-state index is -0.181. The van der Waals surface area contributed by atoms with E-state index in [-0.39, 0.29) is 11.7 Å². The van der Waals surface area contributed by atoms with E-state index in [0.29, 0.717) is 0 Å². The van der Waals surface area contributed by atoms with Crippen molar-refractivity contribution in [3.63, 3.8) is 0 Å². The quantitative estimate of drug-likeness (QED) is 0.357. The average molecular weight is 451 g/mol. The molecule has 0 amide bonds. The number of aromatic amines is 2. The van der Waals surface area contributed by atoms with E-state index < -0.39 is 0 Å². The van der Waals surface area contributed by atoms with Crippen LogP contribution in [-0.4, -0.2) is 33.6 Å². The molecule has 7 nitrogen and oxygen atoms in total. The molecular formula is C27H26N6O. The molecule has 170 valence electrons. The Hall–Kier alpha value is -4.26. The van der Waals surface area contributed by atoms with Crippen molar-refractivity contribution in [2.75, 3.05) is 24.3 Å². The number of imidazole rings is 2. The summed E-state index contributed by atoms with van der Waals surface area (Å²) in [4.78, 5) is 26.0. The fourth-order valence-corrected chi connectivity index (χ4v) is 4.92. The maximum absolute atomic E-state index is 13.3. The fraction of sp³-hybridized carbons (Fsp3) is 0.185. The van der Waals surface area contributed by atoms with Crippen LogP contribution in [0.5, 0.6) is 0 Å². The molecule has 0 fully saturated rings. The first-order chi connectivity index (χ1) is 16.6. The second-order valence-electron chi connectivity index (χ2n) is 8.97. The van der Waals surface area contributed by atoms with Crippen LogP contribution in [0.4, 0.5) is 11.5 Å². The van der Waals surface area contributed by atoms with Gasteiger partial charge in [0.1, 0.15) is 5.82 Å². The summed E-state index contributed by atoms with van der Waals surface area (Å²) in [5.41, 5.74) is 7.90. The van der Waals surface area contributed by atoms with Crippen LogP contribution in [0.1, 0.15) is 23.6 Å². The van der Waals surface area contributed by atoms with Gasteiger partial charge in [-0.05, 0) is 54.3 Å². The number of anilines is 2. The van der Waals surface area contributed by atoms with Crippen molar-refractivity contribution < 1.29 is 0 Å². The first-order valence-corrected chi connectivity index (χ1v) is 11.5. The molecule has 6 rings (SSSR count). The number of nitrogens with zero attached hydrogens (tertiary/aromatic N) is 3. The van der Waals surface area contributed by atoms with Crippen LogP contribution in [0.2, 0.25) is 0 Å². The molecule has 0 saturated heterocycles. The molecule has 0 spiro atoms. The fourth-order valence-electron chi connectivity index (χ4n) is 4.92. The van der Waals surface area contributed by atoms with Crippen LogP contribution in [0.15, 0.2) is 77.9 Å². The monoisotopic (exact) mass is 450 g/mol. The van der Waals surface area contributed by atoms with Gasteiger partial charge < -0.3 is 15.2 Å². The lowest BCUT2D eigenvalue weighted by Crippen LogP contribution is -2.15. The first kappa shape index (κ1) is 20.4. The van der Waals surface area contributed by atoms with Crippen LogP contribution in [0.3, 0.4) is 0 Å². The summed E-state index contributed by atoms with van der Waals surface area (Å²) in [5, 5.41) is 3.66. The van der Waals surface area contributed by atoms with Gasteiger partial charge in [-0.3, -0.25) is 9.55 Å². The molecule has 1 aliphatic carbocycles. The standard InChI is InChI=1S/C27H26N6O/c1-32(2)19-10-7-18(8-11-19)25-26(30-22-13-9-17-5-3-4-6-21(17)22)31-27(34)33(25)20-12-14-23-24(15-20)29-16-28-23/h3-8,10-12,14-16,22,30H,9,13H2,1-2H3,(H,28,29)(H,31,34). The van der Waals surface area contributed by atoms with Crippen molar-refractivity contribution in [2.24, 2.45) is 0 Å². The van der Waals surface area contributed by atoms with Crippen molar-refractivity contribution in [2.45, 2.75) is 18.9 Å². The summed E-state index contributed by atoms with van der Waals surface area (Å²) in [6.45, 7) is 0.